The highest BCUT2D eigenvalue weighted by Gasteiger charge is 2.14. The van der Waals surface area contributed by atoms with Crippen LogP contribution in [0.4, 0.5) is 10.1 Å². The molecule has 0 unspecified atom stereocenters. The number of benzene rings is 2. The standard InChI is InChI=1S/C16H17FN2O3/c17-16-10-15(19(21)22)7-6-14(16)12-18(8-9-20)11-13-4-2-1-3-5-13/h1-7,10,20H,8-9,11-12H2. The largest absolute Gasteiger partial charge is 0.395 e. The Bertz CT molecular complexity index is 635. The summed E-state index contributed by atoms with van der Waals surface area (Å²) in [6, 6.07) is 13.3. The second-order valence-corrected chi connectivity index (χ2v) is 4.95. The van der Waals surface area contributed by atoms with Gasteiger partial charge < -0.3 is 5.11 Å². The number of hydrogen-bond acceptors (Lipinski definition) is 4. The van der Waals surface area contributed by atoms with Crippen LogP contribution in [0.2, 0.25) is 0 Å². The van der Waals surface area contributed by atoms with E-state index in [-0.39, 0.29) is 18.8 Å². The fraction of sp³-hybridized carbons (Fsp3) is 0.250. The summed E-state index contributed by atoms with van der Waals surface area (Å²) >= 11 is 0. The van der Waals surface area contributed by atoms with E-state index in [0.29, 0.717) is 18.7 Å². The molecule has 0 aromatic heterocycles. The highest BCUT2D eigenvalue weighted by molar-refractivity contribution is 5.34. The molecular formula is C16H17FN2O3. The van der Waals surface area contributed by atoms with Crippen molar-refractivity contribution in [3.8, 4) is 0 Å². The lowest BCUT2D eigenvalue weighted by molar-refractivity contribution is -0.385. The van der Waals surface area contributed by atoms with Gasteiger partial charge in [-0.2, -0.15) is 0 Å². The highest BCUT2D eigenvalue weighted by atomic mass is 19.1. The first-order chi connectivity index (χ1) is 10.6. The van der Waals surface area contributed by atoms with Crippen LogP contribution in [0.3, 0.4) is 0 Å². The maximum atomic E-state index is 14.0. The van der Waals surface area contributed by atoms with Crippen molar-refractivity contribution in [2.24, 2.45) is 0 Å². The Morgan fingerprint density at radius 2 is 1.86 bits per heavy atom. The molecule has 6 heteroatoms. The number of non-ortho nitro benzene ring substituents is 1. The van der Waals surface area contributed by atoms with Crippen molar-refractivity contribution in [2.45, 2.75) is 13.1 Å². The second kappa shape index (κ2) is 7.63. The molecule has 1 N–H and O–H groups in total. The van der Waals surface area contributed by atoms with Crippen LogP contribution in [0.1, 0.15) is 11.1 Å². The van der Waals surface area contributed by atoms with E-state index in [1.165, 1.54) is 12.1 Å². The monoisotopic (exact) mass is 304 g/mol. The van der Waals surface area contributed by atoms with Gasteiger partial charge in [0.05, 0.1) is 17.6 Å². The molecule has 22 heavy (non-hydrogen) atoms. The zero-order chi connectivity index (χ0) is 15.9. The summed E-state index contributed by atoms with van der Waals surface area (Å²) in [5.74, 6) is -0.606. The average Bonchev–Trinajstić information content (AvgIpc) is 2.50. The predicted molar refractivity (Wildman–Crippen MR) is 80.7 cm³/mol. The van der Waals surface area contributed by atoms with Crippen LogP contribution in [-0.2, 0) is 13.1 Å². The second-order valence-electron chi connectivity index (χ2n) is 4.95. The van der Waals surface area contributed by atoms with E-state index in [0.717, 1.165) is 11.6 Å². The summed E-state index contributed by atoms with van der Waals surface area (Å²) in [5.41, 5.74) is 1.16. The van der Waals surface area contributed by atoms with Crippen molar-refractivity contribution < 1.29 is 14.4 Å². The minimum Gasteiger partial charge on any atom is -0.395 e. The molecule has 0 aliphatic heterocycles. The molecule has 0 amide bonds. The first kappa shape index (κ1) is 16.1. The van der Waals surface area contributed by atoms with Gasteiger partial charge >= 0.3 is 0 Å². The summed E-state index contributed by atoms with van der Waals surface area (Å²) in [6.45, 7) is 1.20. The number of halogens is 1. The van der Waals surface area contributed by atoms with Gasteiger partial charge in [-0.15, -0.1) is 0 Å². The summed E-state index contributed by atoms with van der Waals surface area (Å²) in [5, 5.41) is 19.8. The molecule has 0 spiro atoms. The maximum absolute atomic E-state index is 14.0. The normalized spacial score (nSPS) is 10.9. The van der Waals surface area contributed by atoms with E-state index in [4.69, 9.17) is 5.11 Å². The molecule has 0 fully saturated rings. The minimum atomic E-state index is -0.623. The Kier molecular flexibility index (Phi) is 5.57. The van der Waals surface area contributed by atoms with Gasteiger partial charge in [0.2, 0.25) is 0 Å². The van der Waals surface area contributed by atoms with Crippen LogP contribution in [0, 0.1) is 15.9 Å². The van der Waals surface area contributed by atoms with E-state index in [9.17, 15) is 14.5 Å². The van der Waals surface area contributed by atoms with Crippen molar-refractivity contribution in [1.29, 1.82) is 0 Å². The molecule has 0 radical (unpaired) electrons. The fourth-order valence-electron chi connectivity index (χ4n) is 2.22. The van der Waals surface area contributed by atoms with Gasteiger partial charge in [-0.25, -0.2) is 4.39 Å². The molecule has 116 valence electrons. The topological polar surface area (TPSA) is 66.6 Å². The van der Waals surface area contributed by atoms with Crippen LogP contribution in [0.5, 0.6) is 0 Å². The summed E-state index contributed by atoms with van der Waals surface area (Å²) < 4.78 is 14.0. The molecule has 0 aliphatic rings. The predicted octanol–water partition coefficient (Wildman–Crippen LogP) is 2.73. The first-order valence-corrected chi connectivity index (χ1v) is 6.90. The Morgan fingerprint density at radius 3 is 2.45 bits per heavy atom. The average molecular weight is 304 g/mol. The van der Waals surface area contributed by atoms with Gasteiger partial charge in [0.25, 0.3) is 5.69 Å². The number of hydrogen-bond donors (Lipinski definition) is 1. The van der Waals surface area contributed by atoms with Crippen LogP contribution < -0.4 is 0 Å². The number of nitrogens with zero attached hydrogens (tertiary/aromatic N) is 2. The molecule has 2 rings (SSSR count). The van der Waals surface area contributed by atoms with Gasteiger partial charge in [0.1, 0.15) is 5.82 Å². The van der Waals surface area contributed by atoms with Crippen molar-refractivity contribution >= 4 is 5.69 Å². The van der Waals surface area contributed by atoms with Crippen molar-refractivity contribution in [2.75, 3.05) is 13.2 Å². The summed E-state index contributed by atoms with van der Waals surface area (Å²) in [6.07, 6.45) is 0. The van der Waals surface area contributed by atoms with E-state index < -0.39 is 10.7 Å². The van der Waals surface area contributed by atoms with Gasteiger partial charge in [-0.1, -0.05) is 30.3 Å². The van der Waals surface area contributed by atoms with Crippen LogP contribution in [0.25, 0.3) is 0 Å². The number of aliphatic hydroxyl groups excluding tert-OH is 1. The lowest BCUT2D eigenvalue weighted by atomic mass is 10.1. The first-order valence-electron chi connectivity index (χ1n) is 6.90. The van der Waals surface area contributed by atoms with Crippen LogP contribution in [-0.4, -0.2) is 28.1 Å². The van der Waals surface area contributed by atoms with E-state index in [1.807, 2.05) is 35.2 Å². The van der Waals surface area contributed by atoms with Gasteiger partial charge in [0.15, 0.2) is 0 Å². The third-order valence-corrected chi connectivity index (χ3v) is 3.31. The highest BCUT2D eigenvalue weighted by Crippen LogP contribution is 2.18. The third kappa shape index (κ3) is 4.34. The molecule has 0 aliphatic carbocycles. The molecular weight excluding hydrogens is 287 g/mol. The van der Waals surface area contributed by atoms with Gasteiger partial charge in [-0.05, 0) is 11.6 Å². The molecule has 0 saturated carbocycles. The Labute approximate surface area is 127 Å². The summed E-state index contributed by atoms with van der Waals surface area (Å²) in [7, 11) is 0. The zero-order valence-electron chi connectivity index (χ0n) is 12.0. The minimum absolute atomic E-state index is 0.0402. The number of nitro benzene ring substituents is 1. The van der Waals surface area contributed by atoms with E-state index >= 15 is 0 Å². The lowest BCUT2D eigenvalue weighted by Crippen LogP contribution is -2.26. The van der Waals surface area contributed by atoms with Gasteiger partial charge in [-0.3, -0.25) is 15.0 Å². The molecule has 0 bridgehead atoms. The van der Waals surface area contributed by atoms with E-state index in [1.54, 1.807) is 0 Å². The van der Waals surface area contributed by atoms with Crippen LogP contribution >= 0.6 is 0 Å². The van der Waals surface area contributed by atoms with Crippen molar-refractivity contribution in [1.82, 2.24) is 4.90 Å². The maximum Gasteiger partial charge on any atom is 0.272 e. The fourth-order valence-corrected chi connectivity index (χ4v) is 2.22. The number of aliphatic hydroxyl groups is 1. The number of rotatable bonds is 7. The van der Waals surface area contributed by atoms with Crippen molar-refractivity contribution in [3.05, 3.63) is 75.6 Å². The quantitative estimate of drug-likeness (QED) is 0.631. The smallest absolute Gasteiger partial charge is 0.272 e. The molecule has 5 nitrogen and oxygen atoms in total. The van der Waals surface area contributed by atoms with Crippen LogP contribution in [0.15, 0.2) is 48.5 Å². The van der Waals surface area contributed by atoms with Gasteiger partial charge in [0, 0.05) is 31.3 Å². The van der Waals surface area contributed by atoms with Crippen molar-refractivity contribution in [3.63, 3.8) is 0 Å². The molecule has 2 aromatic rings. The summed E-state index contributed by atoms with van der Waals surface area (Å²) in [4.78, 5) is 11.9. The molecule has 0 heterocycles. The Hall–Kier alpha value is -2.31. The third-order valence-electron chi connectivity index (χ3n) is 3.31. The number of nitro groups is 1. The molecule has 0 saturated heterocycles. The Balaban J connectivity index is 2.12. The zero-order valence-corrected chi connectivity index (χ0v) is 12.0. The Morgan fingerprint density at radius 1 is 1.14 bits per heavy atom. The molecule has 0 atom stereocenters. The molecule has 2 aromatic carbocycles. The van der Waals surface area contributed by atoms with E-state index in [2.05, 4.69) is 0 Å². The SMILES string of the molecule is O=[N+]([O-])c1ccc(CN(CCO)Cc2ccccc2)c(F)c1. The lowest BCUT2D eigenvalue weighted by Gasteiger charge is -2.21.